The smallest absolute Gasteiger partial charge is 0.343 e. The molecule has 20 heteroatoms. The molecular formula is C64H72N6O14. The molecule has 0 amide bonds. The lowest BCUT2D eigenvalue weighted by Gasteiger charge is -2.11. The number of hydrogen-bond acceptors (Lipinski definition) is 18. The fourth-order valence-electron chi connectivity index (χ4n) is 8.39. The van der Waals surface area contributed by atoms with Crippen LogP contribution in [0, 0.1) is 20.2 Å². The van der Waals surface area contributed by atoms with Gasteiger partial charge in [0.15, 0.2) is 11.5 Å². The lowest BCUT2D eigenvalue weighted by atomic mass is 10.1. The Balaban J connectivity index is 1.05. The van der Waals surface area contributed by atoms with E-state index in [1.165, 1.54) is 162 Å². The standard InChI is InChI=1S/C64H72N6O14/c1-3-5-7-9-11-13-15-19-43-79-53-35-23-47(24-36-53)63(73)81-55-39-41-57(67-65-49-27-31-51(32-28-49)69(75)76)59(45-55)83-61(71)21-17-18-22-62(72)84-60-46-56(40-42-58(60)68-66-50-29-33-52(34-30-50)70(77)78)82-64(74)48-25-37-54(38-26-48)80-44-20-16-14-12-10-8-6-4-2/h23-42,45-46H,3-22,43-44H2,1-2H3. The van der Waals surface area contributed by atoms with E-state index in [0.29, 0.717) is 24.7 Å². The maximum Gasteiger partial charge on any atom is 0.343 e. The summed E-state index contributed by atoms with van der Waals surface area (Å²) in [5.74, 6) is -1.70. The van der Waals surface area contributed by atoms with Crippen LogP contribution in [0.4, 0.5) is 34.1 Å². The quantitative estimate of drug-likeness (QED) is 0.00877. The number of ether oxygens (including phenoxy) is 6. The van der Waals surface area contributed by atoms with Gasteiger partial charge in [-0.25, -0.2) is 9.59 Å². The molecule has 0 aliphatic carbocycles. The summed E-state index contributed by atoms with van der Waals surface area (Å²) in [7, 11) is 0. The SMILES string of the molecule is CCCCCCCCCCOc1ccc(C(=O)Oc2ccc(N=Nc3ccc([N+](=O)[O-])cc3)c(OC(=O)CCCCC(=O)Oc3cc(OC(=O)c4ccc(OCCCCCCCCCC)cc4)ccc3N=Nc3ccc([N+](=O)[O-])cc3)c2)cc1. The largest absolute Gasteiger partial charge is 0.494 e. The first kappa shape index (κ1) is 64.0. The van der Waals surface area contributed by atoms with E-state index in [9.17, 15) is 39.4 Å². The fourth-order valence-corrected chi connectivity index (χ4v) is 8.39. The number of unbranched alkanes of at least 4 members (excludes halogenated alkanes) is 15. The second-order valence-electron chi connectivity index (χ2n) is 19.8. The average molecular weight is 1150 g/mol. The Morgan fingerprint density at radius 2 is 0.714 bits per heavy atom. The molecule has 0 heterocycles. The van der Waals surface area contributed by atoms with Crippen molar-refractivity contribution in [2.45, 2.75) is 142 Å². The van der Waals surface area contributed by atoms with Gasteiger partial charge in [0, 0.05) is 49.2 Å². The third kappa shape index (κ3) is 23.0. The maximum absolute atomic E-state index is 13.4. The zero-order valence-electron chi connectivity index (χ0n) is 47.7. The third-order valence-electron chi connectivity index (χ3n) is 13.1. The number of benzene rings is 6. The van der Waals surface area contributed by atoms with E-state index in [4.69, 9.17) is 28.4 Å². The van der Waals surface area contributed by atoms with Gasteiger partial charge < -0.3 is 28.4 Å². The molecule has 0 fully saturated rings. The Morgan fingerprint density at radius 1 is 0.381 bits per heavy atom. The van der Waals surface area contributed by atoms with Gasteiger partial charge in [-0.2, -0.15) is 10.2 Å². The van der Waals surface area contributed by atoms with Crippen molar-refractivity contribution in [1.82, 2.24) is 0 Å². The monoisotopic (exact) mass is 1150 g/mol. The minimum atomic E-state index is -0.717. The Hall–Kier alpha value is -9.20. The summed E-state index contributed by atoms with van der Waals surface area (Å²) in [6.45, 7) is 5.54. The molecule has 442 valence electrons. The molecule has 0 spiro atoms. The van der Waals surface area contributed by atoms with Crippen molar-refractivity contribution >= 4 is 58.0 Å². The van der Waals surface area contributed by atoms with Gasteiger partial charge in [0.05, 0.1) is 45.6 Å². The van der Waals surface area contributed by atoms with Crippen LogP contribution < -0.4 is 28.4 Å². The van der Waals surface area contributed by atoms with Crippen LogP contribution in [-0.4, -0.2) is 46.9 Å². The number of hydrogen-bond donors (Lipinski definition) is 0. The van der Waals surface area contributed by atoms with Crippen molar-refractivity contribution in [3.05, 3.63) is 165 Å². The van der Waals surface area contributed by atoms with Gasteiger partial charge in [0.1, 0.15) is 34.4 Å². The van der Waals surface area contributed by atoms with E-state index in [0.717, 1.165) is 25.7 Å². The number of rotatable bonds is 37. The number of carbonyl (C=O) groups is 4. The molecule has 0 aliphatic heterocycles. The van der Waals surface area contributed by atoms with Crippen LogP contribution in [0.3, 0.4) is 0 Å². The zero-order chi connectivity index (χ0) is 59.7. The maximum atomic E-state index is 13.4. The van der Waals surface area contributed by atoms with E-state index in [2.05, 4.69) is 34.3 Å². The Labute approximate surface area is 488 Å². The Kier molecular flexibility index (Phi) is 27.1. The molecule has 0 aliphatic rings. The molecule has 6 rings (SSSR count). The minimum Gasteiger partial charge on any atom is -0.494 e. The van der Waals surface area contributed by atoms with Crippen LogP contribution in [0.25, 0.3) is 0 Å². The number of esters is 4. The van der Waals surface area contributed by atoms with Crippen molar-refractivity contribution < 1.29 is 57.4 Å². The van der Waals surface area contributed by atoms with Crippen molar-refractivity contribution in [1.29, 1.82) is 0 Å². The van der Waals surface area contributed by atoms with Crippen molar-refractivity contribution in [3.8, 4) is 34.5 Å². The highest BCUT2D eigenvalue weighted by Gasteiger charge is 2.18. The molecule has 0 unspecified atom stereocenters. The normalized spacial score (nSPS) is 11.1. The average Bonchev–Trinajstić information content (AvgIpc) is 3.59. The molecule has 0 bridgehead atoms. The second-order valence-corrected chi connectivity index (χ2v) is 19.8. The molecule has 0 aromatic heterocycles. The highest BCUT2D eigenvalue weighted by molar-refractivity contribution is 5.92. The van der Waals surface area contributed by atoms with E-state index >= 15 is 0 Å². The molecule has 84 heavy (non-hydrogen) atoms. The first-order valence-electron chi connectivity index (χ1n) is 28.8. The van der Waals surface area contributed by atoms with Gasteiger partial charge in [-0.3, -0.25) is 29.8 Å². The van der Waals surface area contributed by atoms with Crippen LogP contribution in [0.2, 0.25) is 0 Å². The molecule has 6 aromatic rings. The van der Waals surface area contributed by atoms with Crippen molar-refractivity contribution in [2.75, 3.05) is 13.2 Å². The summed E-state index contributed by atoms with van der Waals surface area (Å²) in [6, 6.07) is 32.2. The van der Waals surface area contributed by atoms with Crippen molar-refractivity contribution in [3.63, 3.8) is 0 Å². The predicted molar refractivity (Wildman–Crippen MR) is 316 cm³/mol. The number of nitrogens with zero attached hydrogens (tertiary/aromatic N) is 6. The summed E-state index contributed by atoms with van der Waals surface area (Å²) in [6.07, 6.45) is 18.9. The van der Waals surface area contributed by atoms with Crippen LogP contribution in [0.5, 0.6) is 34.5 Å². The number of nitro groups is 2. The van der Waals surface area contributed by atoms with Gasteiger partial charge >= 0.3 is 23.9 Å². The second kappa shape index (κ2) is 35.6. The van der Waals surface area contributed by atoms with E-state index in [1.807, 2.05) is 0 Å². The van der Waals surface area contributed by atoms with E-state index < -0.39 is 33.7 Å². The summed E-state index contributed by atoms with van der Waals surface area (Å²) in [4.78, 5) is 74.6. The first-order valence-corrected chi connectivity index (χ1v) is 28.8. The first-order chi connectivity index (χ1) is 40.9. The predicted octanol–water partition coefficient (Wildman–Crippen LogP) is 17.9. The van der Waals surface area contributed by atoms with Gasteiger partial charge in [0.25, 0.3) is 11.4 Å². The van der Waals surface area contributed by atoms with Gasteiger partial charge in [-0.05, 0) is 123 Å². The topological polar surface area (TPSA) is 259 Å². The number of non-ortho nitro benzene ring substituents is 2. The summed E-state index contributed by atoms with van der Waals surface area (Å²) in [5.41, 5.74) is 0.907. The van der Waals surface area contributed by atoms with Crippen LogP contribution in [0.1, 0.15) is 163 Å². The summed E-state index contributed by atoms with van der Waals surface area (Å²) < 4.78 is 34.5. The molecule has 0 saturated heterocycles. The number of azo groups is 2. The Bertz CT molecular complexity index is 2920. The molecule has 6 aromatic carbocycles. The summed E-state index contributed by atoms with van der Waals surface area (Å²) in [5, 5.41) is 39.1. The molecule has 20 nitrogen and oxygen atoms in total. The van der Waals surface area contributed by atoms with E-state index in [1.54, 1.807) is 48.5 Å². The Morgan fingerprint density at radius 3 is 1.06 bits per heavy atom. The highest BCUT2D eigenvalue weighted by Crippen LogP contribution is 2.36. The van der Waals surface area contributed by atoms with Gasteiger partial charge in [-0.15, -0.1) is 10.2 Å². The lowest BCUT2D eigenvalue weighted by molar-refractivity contribution is -0.385. The number of carbonyl (C=O) groups excluding carboxylic acids is 4. The van der Waals surface area contributed by atoms with Gasteiger partial charge in [0.2, 0.25) is 0 Å². The van der Waals surface area contributed by atoms with Crippen LogP contribution in [0.15, 0.2) is 154 Å². The fraction of sp³-hybridized carbons (Fsp3) is 0.375. The van der Waals surface area contributed by atoms with Gasteiger partial charge in [-0.1, -0.05) is 104 Å². The molecular weight excluding hydrogens is 1080 g/mol. The molecule has 0 N–H and O–H groups in total. The van der Waals surface area contributed by atoms with Crippen molar-refractivity contribution in [2.24, 2.45) is 20.5 Å². The zero-order valence-corrected chi connectivity index (χ0v) is 47.7. The van der Waals surface area contributed by atoms with E-state index in [-0.39, 0.29) is 93.9 Å². The molecule has 0 atom stereocenters. The van der Waals surface area contributed by atoms with Crippen LogP contribution in [-0.2, 0) is 9.59 Å². The lowest BCUT2D eigenvalue weighted by Crippen LogP contribution is -2.11. The van der Waals surface area contributed by atoms with Crippen LogP contribution >= 0.6 is 0 Å². The molecule has 0 radical (unpaired) electrons. The molecule has 0 saturated carbocycles. The highest BCUT2D eigenvalue weighted by atomic mass is 16.6. The number of nitro benzene ring substituents is 2. The third-order valence-corrected chi connectivity index (χ3v) is 13.1. The summed E-state index contributed by atoms with van der Waals surface area (Å²) >= 11 is 0. The minimum absolute atomic E-state index is 0.0314.